The maximum absolute atomic E-state index is 13.6. The normalized spacial score (nSPS) is 11.9. The number of benzene rings is 3. The molecule has 0 unspecified atom stereocenters. The van der Waals surface area contributed by atoms with Gasteiger partial charge in [-0.2, -0.15) is 0 Å². The summed E-state index contributed by atoms with van der Waals surface area (Å²) in [6.07, 6.45) is 3.99. The van der Waals surface area contributed by atoms with Crippen molar-refractivity contribution < 1.29 is 19.2 Å². The number of aromatic nitrogens is 3. The van der Waals surface area contributed by atoms with Gasteiger partial charge in [0.15, 0.2) is 5.69 Å². The van der Waals surface area contributed by atoms with Crippen molar-refractivity contribution in [2.24, 2.45) is 0 Å². The zero-order chi connectivity index (χ0) is 32.8. The SMILES string of the molecule is C=CC(=O)Cl.C=CC(=O)Nc1cccc2c(-c3nc(C(=O)Nc4ccc(C)cc4)c4n3CCN(C(=O)c3ccc[nH]3)C4)cccc12. The predicted octanol–water partition coefficient (Wildman–Crippen LogP) is 6.31. The van der Waals surface area contributed by atoms with Gasteiger partial charge in [0.1, 0.15) is 11.5 Å². The van der Waals surface area contributed by atoms with Crippen LogP contribution in [0.1, 0.15) is 32.2 Å². The minimum atomic E-state index is -0.509. The Morgan fingerprint density at radius 2 is 1.61 bits per heavy atom. The summed E-state index contributed by atoms with van der Waals surface area (Å²) in [5, 5.41) is 7.03. The van der Waals surface area contributed by atoms with Crippen molar-refractivity contribution in [1.29, 1.82) is 0 Å². The van der Waals surface area contributed by atoms with E-state index in [1.807, 2.05) is 72.2 Å². The molecule has 5 aromatic rings. The lowest BCUT2D eigenvalue weighted by atomic mass is 10.0. The molecule has 1 aliphatic rings. The van der Waals surface area contributed by atoms with E-state index >= 15 is 0 Å². The molecule has 10 nitrogen and oxygen atoms in total. The van der Waals surface area contributed by atoms with Gasteiger partial charge in [0.05, 0.1) is 12.2 Å². The van der Waals surface area contributed by atoms with Crippen molar-refractivity contribution in [1.82, 2.24) is 19.4 Å². The van der Waals surface area contributed by atoms with Crippen LogP contribution in [0.15, 0.2) is 104 Å². The van der Waals surface area contributed by atoms with Crippen molar-refractivity contribution >= 4 is 56.7 Å². The van der Waals surface area contributed by atoms with Crippen LogP contribution < -0.4 is 10.6 Å². The van der Waals surface area contributed by atoms with Gasteiger partial charge in [-0.15, -0.1) is 0 Å². The van der Waals surface area contributed by atoms with E-state index in [0.29, 0.717) is 41.7 Å². The van der Waals surface area contributed by atoms with E-state index in [1.54, 1.807) is 23.2 Å². The lowest BCUT2D eigenvalue weighted by molar-refractivity contribution is -0.112. The fourth-order valence-corrected chi connectivity index (χ4v) is 5.19. The molecule has 232 valence electrons. The van der Waals surface area contributed by atoms with Gasteiger partial charge < -0.3 is 25.1 Å². The van der Waals surface area contributed by atoms with E-state index in [2.05, 4.69) is 28.8 Å². The molecule has 3 aromatic carbocycles. The zero-order valence-corrected chi connectivity index (χ0v) is 25.8. The van der Waals surface area contributed by atoms with Crippen LogP contribution in [0.4, 0.5) is 11.4 Å². The molecular formula is C35H31ClN6O4. The molecule has 0 spiro atoms. The van der Waals surface area contributed by atoms with Gasteiger partial charge in [-0.1, -0.05) is 61.2 Å². The average molecular weight is 635 g/mol. The molecule has 0 radical (unpaired) electrons. The first-order valence-electron chi connectivity index (χ1n) is 14.4. The summed E-state index contributed by atoms with van der Waals surface area (Å²) in [6, 6.07) is 22.5. The number of imidazole rings is 1. The van der Waals surface area contributed by atoms with Crippen LogP contribution in [0.3, 0.4) is 0 Å². The monoisotopic (exact) mass is 634 g/mol. The van der Waals surface area contributed by atoms with Crippen molar-refractivity contribution in [3.05, 3.63) is 127 Å². The smallest absolute Gasteiger partial charge is 0.276 e. The Hall–Kier alpha value is -5.74. The number of H-pyrrole nitrogens is 1. The van der Waals surface area contributed by atoms with E-state index in [0.717, 1.165) is 28.0 Å². The molecule has 0 aliphatic carbocycles. The van der Waals surface area contributed by atoms with Crippen molar-refractivity contribution in [3.63, 3.8) is 0 Å². The van der Waals surface area contributed by atoms with E-state index in [9.17, 15) is 19.2 Å². The minimum absolute atomic E-state index is 0.137. The molecule has 6 rings (SSSR count). The number of fused-ring (bicyclic) bond motifs is 2. The van der Waals surface area contributed by atoms with Gasteiger partial charge in [-0.25, -0.2) is 4.98 Å². The molecular weight excluding hydrogens is 604 g/mol. The maximum Gasteiger partial charge on any atom is 0.276 e. The number of aromatic amines is 1. The van der Waals surface area contributed by atoms with Crippen LogP contribution in [0.2, 0.25) is 0 Å². The summed E-state index contributed by atoms with van der Waals surface area (Å²) in [6.45, 7) is 9.76. The maximum atomic E-state index is 13.6. The molecule has 2 aromatic heterocycles. The number of carbonyl (C=O) groups excluding carboxylic acids is 4. The fraction of sp³-hybridized carbons (Fsp3) is 0.114. The van der Waals surface area contributed by atoms with Gasteiger partial charge in [0.25, 0.3) is 11.8 Å². The third-order valence-corrected chi connectivity index (χ3v) is 7.57. The number of hydrogen-bond acceptors (Lipinski definition) is 5. The van der Waals surface area contributed by atoms with Crippen molar-refractivity contribution in [3.8, 4) is 11.4 Å². The second kappa shape index (κ2) is 13.9. The van der Waals surface area contributed by atoms with Gasteiger partial charge in [0.2, 0.25) is 11.1 Å². The molecule has 0 bridgehead atoms. The molecule has 0 saturated heterocycles. The summed E-state index contributed by atoms with van der Waals surface area (Å²) in [4.78, 5) is 58.0. The highest BCUT2D eigenvalue weighted by molar-refractivity contribution is 6.66. The number of rotatable bonds is 7. The molecule has 3 amide bonds. The molecule has 3 heterocycles. The number of aryl methyl sites for hydroxylation is 1. The quantitative estimate of drug-likeness (QED) is 0.143. The number of hydrogen-bond donors (Lipinski definition) is 3. The first-order chi connectivity index (χ1) is 22.2. The van der Waals surface area contributed by atoms with Gasteiger partial charge in [-0.3, -0.25) is 19.2 Å². The third-order valence-electron chi connectivity index (χ3n) is 7.41. The highest BCUT2D eigenvalue weighted by Crippen LogP contribution is 2.35. The number of allylic oxidation sites excluding steroid dienone is 1. The Morgan fingerprint density at radius 3 is 2.28 bits per heavy atom. The van der Waals surface area contributed by atoms with E-state index < -0.39 is 5.24 Å². The number of nitrogens with zero attached hydrogens (tertiary/aromatic N) is 3. The Balaban J connectivity index is 0.000000775. The van der Waals surface area contributed by atoms with E-state index in [1.165, 1.54) is 6.08 Å². The summed E-state index contributed by atoms with van der Waals surface area (Å²) >= 11 is 4.71. The first-order valence-corrected chi connectivity index (χ1v) is 14.8. The second-order valence-corrected chi connectivity index (χ2v) is 10.8. The summed E-state index contributed by atoms with van der Waals surface area (Å²) < 4.78 is 2.02. The van der Waals surface area contributed by atoms with Crippen LogP contribution >= 0.6 is 11.6 Å². The lowest BCUT2D eigenvalue weighted by Crippen LogP contribution is -2.39. The number of anilines is 2. The number of amides is 3. The van der Waals surface area contributed by atoms with E-state index in [4.69, 9.17) is 16.6 Å². The van der Waals surface area contributed by atoms with Crippen molar-refractivity contribution in [2.75, 3.05) is 17.2 Å². The summed E-state index contributed by atoms with van der Waals surface area (Å²) in [5.41, 5.74) is 4.62. The van der Waals surface area contributed by atoms with Crippen molar-refractivity contribution in [2.45, 2.75) is 20.0 Å². The number of halogens is 1. The van der Waals surface area contributed by atoms with Gasteiger partial charge in [0, 0.05) is 41.6 Å². The Bertz CT molecular complexity index is 1960. The highest BCUT2D eigenvalue weighted by atomic mass is 35.5. The molecule has 46 heavy (non-hydrogen) atoms. The minimum Gasteiger partial charge on any atom is -0.357 e. The van der Waals surface area contributed by atoms with Gasteiger partial charge in [-0.05, 0) is 66.4 Å². The zero-order valence-electron chi connectivity index (χ0n) is 25.0. The lowest BCUT2D eigenvalue weighted by Gasteiger charge is -2.29. The molecule has 3 N–H and O–H groups in total. The summed E-state index contributed by atoms with van der Waals surface area (Å²) in [5.74, 6) is -0.166. The van der Waals surface area contributed by atoms with Crippen LogP contribution in [-0.4, -0.2) is 48.9 Å². The standard InChI is InChI=1S/C32H28N6O3.C3H3ClO/c1-3-28(39)35-25-10-5-7-22-23(25)8-4-9-24(22)30-36-29(31(40)34-21-14-12-20(2)13-15-21)27-19-37(17-18-38(27)30)32(41)26-11-6-16-33-26;1-2-3(4)5/h3-16,33H,1,17-19H2,2H3,(H,34,40)(H,35,39);2H,1H2. The number of nitrogens with one attached hydrogen (secondary N) is 3. The van der Waals surface area contributed by atoms with Crippen LogP contribution in [0.25, 0.3) is 22.2 Å². The summed E-state index contributed by atoms with van der Waals surface area (Å²) in [7, 11) is 0. The Kier molecular flexibility index (Phi) is 9.58. The fourth-order valence-electron chi connectivity index (χ4n) is 5.19. The number of carbonyl (C=O) groups is 4. The van der Waals surface area contributed by atoms with Gasteiger partial charge >= 0.3 is 0 Å². The highest BCUT2D eigenvalue weighted by Gasteiger charge is 2.31. The Labute approximate surface area is 270 Å². The van der Waals surface area contributed by atoms with Crippen LogP contribution in [0.5, 0.6) is 0 Å². The first kappa shape index (κ1) is 31.7. The Morgan fingerprint density at radius 1 is 0.891 bits per heavy atom. The molecule has 11 heteroatoms. The topological polar surface area (TPSA) is 129 Å². The largest absolute Gasteiger partial charge is 0.357 e. The second-order valence-electron chi connectivity index (χ2n) is 10.4. The molecule has 0 atom stereocenters. The van der Waals surface area contributed by atoms with Crippen LogP contribution in [0, 0.1) is 6.92 Å². The predicted molar refractivity (Wildman–Crippen MR) is 180 cm³/mol. The third kappa shape index (κ3) is 6.82. The average Bonchev–Trinajstić information content (AvgIpc) is 3.74. The molecule has 0 saturated carbocycles. The molecule has 1 aliphatic heterocycles. The van der Waals surface area contributed by atoms with Crippen LogP contribution in [-0.2, 0) is 22.7 Å². The van der Waals surface area contributed by atoms with E-state index in [-0.39, 0.29) is 30.0 Å². The molecule has 0 fully saturated rings.